The minimum atomic E-state index is 0.0174. The molecule has 0 aliphatic heterocycles. The predicted molar refractivity (Wildman–Crippen MR) is 113 cm³/mol. The number of hydrogen-bond donors (Lipinski definition) is 2. The molecule has 1 aromatic heterocycles. The van der Waals surface area contributed by atoms with E-state index in [4.69, 9.17) is 4.98 Å². The Morgan fingerprint density at radius 1 is 1.11 bits per heavy atom. The number of fused-ring (bicyclic) bond motifs is 1. The third-order valence-corrected chi connectivity index (χ3v) is 6.18. The molecule has 0 radical (unpaired) electrons. The monoisotopic (exact) mass is 379 g/mol. The molecule has 5 heteroatoms. The molecule has 4 nitrogen and oxygen atoms in total. The van der Waals surface area contributed by atoms with E-state index in [9.17, 15) is 4.79 Å². The normalized spacial score (nSPS) is 15.1. The molecule has 1 heterocycles. The first kappa shape index (κ1) is 18.1. The van der Waals surface area contributed by atoms with E-state index in [1.54, 1.807) is 11.3 Å². The molecule has 1 aliphatic carbocycles. The van der Waals surface area contributed by atoms with E-state index < -0.39 is 0 Å². The maximum Gasteiger partial charge on any atom is 0.238 e. The number of carbonyl (C=O) groups excluding carboxylic acids is 1. The number of rotatable bonds is 5. The van der Waals surface area contributed by atoms with Gasteiger partial charge in [0.2, 0.25) is 5.91 Å². The second-order valence-corrected chi connectivity index (χ2v) is 8.36. The van der Waals surface area contributed by atoms with Crippen LogP contribution in [0.2, 0.25) is 0 Å². The summed E-state index contributed by atoms with van der Waals surface area (Å²) in [5.41, 5.74) is 4.18. The number of benzene rings is 2. The number of carbonyl (C=O) groups is 1. The van der Waals surface area contributed by atoms with Crippen molar-refractivity contribution in [3.63, 3.8) is 0 Å². The van der Waals surface area contributed by atoms with Crippen LogP contribution in [-0.4, -0.2) is 23.5 Å². The van der Waals surface area contributed by atoms with Gasteiger partial charge in [-0.3, -0.25) is 4.79 Å². The van der Waals surface area contributed by atoms with Crippen LogP contribution in [0.15, 0.2) is 42.5 Å². The molecule has 1 saturated carbocycles. The van der Waals surface area contributed by atoms with Crippen LogP contribution in [0.1, 0.15) is 37.7 Å². The van der Waals surface area contributed by atoms with Gasteiger partial charge in [0.15, 0.2) is 0 Å². The lowest BCUT2D eigenvalue weighted by Crippen LogP contribution is -2.37. The standard InChI is InChI=1S/C22H25N3OS/c1-15-7-12-19-20(13-15)27-22(25-19)16-8-10-18(11-9-16)24-21(26)14-23-17-5-3-2-4-6-17/h7-13,17,23H,2-6,14H2,1H3,(H,24,26). The highest BCUT2D eigenvalue weighted by Gasteiger charge is 2.14. The van der Waals surface area contributed by atoms with Gasteiger partial charge in [-0.2, -0.15) is 0 Å². The molecule has 0 saturated heterocycles. The molecule has 2 N–H and O–H groups in total. The van der Waals surface area contributed by atoms with E-state index in [0.717, 1.165) is 21.8 Å². The summed E-state index contributed by atoms with van der Waals surface area (Å²) in [4.78, 5) is 16.9. The summed E-state index contributed by atoms with van der Waals surface area (Å²) in [6.07, 6.45) is 6.23. The lowest BCUT2D eigenvalue weighted by atomic mass is 9.95. The Labute approximate surface area is 164 Å². The number of anilines is 1. The first-order chi connectivity index (χ1) is 13.2. The van der Waals surface area contributed by atoms with Crippen molar-refractivity contribution < 1.29 is 4.79 Å². The molecule has 1 amide bonds. The molecule has 4 rings (SSSR count). The summed E-state index contributed by atoms with van der Waals surface area (Å²) in [6, 6.07) is 14.8. The fourth-order valence-electron chi connectivity index (χ4n) is 3.60. The van der Waals surface area contributed by atoms with Crippen molar-refractivity contribution in [1.82, 2.24) is 10.3 Å². The SMILES string of the molecule is Cc1ccc2nc(-c3ccc(NC(=O)CNC4CCCCC4)cc3)sc2c1. The maximum absolute atomic E-state index is 12.2. The molecule has 27 heavy (non-hydrogen) atoms. The second-order valence-electron chi connectivity index (χ2n) is 7.33. The van der Waals surface area contributed by atoms with Crippen molar-refractivity contribution in [2.75, 3.05) is 11.9 Å². The van der Waals surface area contributed by atoms with Crippen LogP contribution in [-0.2, 0) is 4.79 Å². The Hall–Kier alpha value is -2.24. The molecule has 0 bridgehead atoms. The Balaban J connectivity index is 1.37. The van der Waals surface area contributed by atoms with Gasteiger partial charge in [-0.1, -0.05) is 25.3 Å². The number of aromatic nitrogens is 1. The van der Waals surface area contributed by atoms with Crippen LogP contribution in [0, 0.1) is 6.92 Å². The lowest BCUT2D eigenvalue weighted by molar-refractivity contribution is -0.115. The van der Waals surface area contributed by atoms with Gasteiger partial charge >= 0.3 is 0 Å². The summed E-state index contributed by atoms with van der Waals surface area (Å²) in [5.74, 6) is 0.0174. The summed E-state index contributed by atoms with van der Waals surface area (Å²) in [6.45, 7) is 2.48. The van der Waals surface area contributed by atoms with Gasteiger partial charge in [0.1, 0.15) is 5.01 Å². The first-order valence-electron chi connectivity index (χ1n) is 9.68. The zero-order chi connectivity index (χ0) is 18.6. The van der Waals surface area contributed by atoms with Crippen LogP contribution in [0.5, 0.6) is 0 Å². The zero-order valence-electron chi connectivity index (χ0n) is 15.6. The predicted octanol–water partition coefficient (Wildman–Crippen LogP) is 5.13. The third-order valence-electron chi connectivity index (χ3n) is 5.12. The Kier molecular flexibility index (Phi) is 5.50. The van der Waals surface area contributed by atoms with E-state index >= 15 is 0 Å². The van der Waals surface area contributed by atoms with Crippen molar-refractivity contribution >= 4 is 33.1 Å². The average molecular weight is 380 g/mol. The first-order valence-corrected chi connectivity index (χ1v) is 10.5. The van der Waals surface area contributed by atoms with Gasteiger partial charge in [0, 0.05) is 17.3 Å². The topological polar surface area (TPSA) is 54.0 Å². The molecule has 2 aromatic carbocycles. The van der Waals surface area contributed by atoms with E-state index in [-0.39, 0.29) is 5.91 Å². The van der Waals surface area contributed by atoms with Crippen LogP contribution in [0.3, 0.4) is 0 Å². The largest absolute Gasteiger partial charge is 0.325 e. The molecule has 0 atom stereocenters. The molecule has 1 aliphatic rings. The smallest absolute Gasteiger partial charge is 0.238 e. The highest BCUT2D eigenvalue weighted by Crippen LogP contribution is 2.31. The quantitative estimate of drug-likeness (QED) is 0.646. The van der Waals surface area contributed by atoms with E-state index in [1.807, 2.05) is 24.3 Å². The van der Waals surface area contributed by atoms with Crippen LogP contribution < -0.4 is 10.6 Å². The number of aryl methyl sites for hydroxylation is 1. The molecular weight excluding hydrogens is 354 g/mol. The average Bonchev–Trinajstić information content (AvgIpc) is 3.11. The number of thiazole rings is 1. The minimum Gasteiger partial charge on any atom is -0.325 e. The van der Waals surface area contributed by atoms with Gasteiger partial charge in [0.25, 0.3) is 0 Å². The van der Waals surface area contributed by atoms with Crippen molar-refractivity contribution in [2.24, 2.45) is 0 Å². The molecule has 3 aromatic rings. The summed E-state index contributed by atoms with van der Waals surface area (Å²) in [5, 5.41) is 7.36. The lowest BCUT2D eigenvalue weighted by Gasteiger charge is -2.22. The van der Waals surface area contributed by atoms with E-state index in [2.05, 4.69) is 35.8 Å². The van der Waals surface area contributed by atoms with Gasteiger partial charge in [0.05, 0.1) is 16.8 Å². The van der Waals surface area contributed by atoms with Crippen molar-refractivity contribution in [3.05, 3.63) is 48.0 Å². The fourth-order valence-corrected chi connectivity index (χ4v) is 4.67. The van der Waals surface area contributed by atoms with E-state index in [0.29, 0.717) is 12.6 Å². The maximum atomic E-state index is 12.2. The Morgan fingerprint density at radius 2 is 1.89 bits per heavy atom. The van der Waals surface area contributed by atoms with Crippen molar-refractivity contribution in [2.45, 2.75) is 45.1 Å². The Morgan fingerprint density at radius 3 is 2.67 bits per heavy atom. The van der Waals surface area contributed by atoms with Gasteiger partial charge in [-0.05, 0) is 61.7 Å². The molecule has 0 spiro atoms. The zero-order valence-corrected chi connectivity index (χ0v) is 16.4. The van der Waals surface area contributed by atoms with Crippen LogP contribution >= 0.6 is 11.3 Å². The number of amides is 1. The van der Waals surface area contributed by atoms with Gasteiger partial charge in [-0.25, -0.2) is 4.98 Å². The second kappa shape index (κ2) is 8.19. The van der Waals surface area contributed by atoms with Crippen LogP contribution in [0.25, 0.3) is 20.8 Å². The highest BCUT2D eigenvalue weighted by atomic mass is 32.1. The molecular formula is C22H25N3OS. The summed E-state index contributed by atoms with van der Waals surface area (Å²) < 4.78 is 1.20. The van der Waals surface area contributed by atoms with Gasteiger partial charge < -0.3 is 10.6 Å². The Bertz CT molecular complexity index is 926. The van der Waals surface area contributed by atoms with Crippen molar-refractivity contribution in [1.29, 1.82) is 0 Å². The third kappa shape index (κ3) is 4.54. The van der Waals surface area contributed by atoms with Crippen molar-refractivity contribution in [3.8, 4) is 10.6 Å². The molecule has 0 unspecified atom stereocenters. The van der Waals surface area contributed by atoms with E-state index in [1.165, 1.54) is 42.4 Å². The number of nitrogens with zero attached hydrogens (tertiary/aromatic N) is 1. The van der Waals surface area contributed by atoms with Gasteiger partial charge in [-0.15, -0.1) is 11.3 Å². The minimum absolute atomic E-state index is 0.0174. The highest BCUT2D eigenvalue weighted by molar-refractivity contribution is 7.21. The summed E-state index contributed by atoms with van der Waals surface area (Å²) >= 11 is 1.70. The number of hydrogen-bond acceptors (Lipinski definition) is 4. The molecule has 140 valence electrons. The number of nitrogens with one attached hydrogen (secondary N) is 2. The summed E-state index contributed by atoms with van der Waals surface area (Å²) in [7, 11) is 0. The van der Waals surface area contributed by atoms with Crippen LogP contribution in [0.4, 0.5) is 5.69 Å². The molecule has 1 fully saturated rings. The fraction of sp³-hybridized carbons (Fsp3) is 0.364.